The van der Waals surface area contributed by atoms with E-state index in [0.717, 1.165) is 36.8 Å². The average molecular weight is 377 g/mol. The molecule has 6 heteroatoms. The van der Waals surface area contributed by atoms with E-state index in [9.17, 15) is 9.18 Å². The van der Waals surface area contributed by atoms with Crippen molar-refractivity contribution < 1.29 is 13.7 Å². The van der Waals surface area contributed by atoms with E-state index in [-0.39, 0.29) is 17.8 Å². The van der Waals surface area contributed by atoms with Crippen molar-refractivity contribution in [1.29, 1.82) is 0 Å². The zero-order valence-electron chi connectivity index (χ0n) is 15.3. The Morgan fingerprint density at radius 3 is 2.57 bits per heavy atom. The zero-order valence-corrected chi connectivity index (χ0v) is 15.3. The van der Waals surface area contributed by atoms with Crippen molar-refractivity contribution in [2.24, 2.45) is 0 Å². The second-order valence-corrected chi connectivity index (χ2v) is 7.57. The second-order valence-electron chi connectivity index (χ2n) is 7.57. The van der Waals surface area contributed by atoms with Gasteiger partial charge in [-0.3, -0.25) is 4.79 Å². The Labute approximate surface area is 162 Å². The fraction of sp³-hybridized carbons (Fsp3) is 0.318. The molecule has 1 amide bonds. The number of nitrogens with zero attached hydrogens (tertiary/aromatic N) is 3. The smallest absolute Gasteiger partial charge is 0.249 e. The van der Waals surface area contributed by atoms with Gasteiger partial charge < -0.3 is 9.42 Å². The van der Waals surface area contributed by atoms with Crippen LogP contribution in [0, 0.1) is 5.82 Å². The molecular formula is C22H20FN3O2. The topological polar surface area (TPSA) is 59.2 Å². The van der Waals surface area contributed by atoms with Crippen LogP contribution in [0.2, 0.25) is 0 Å². The largest absolute Gasteiger partial charge is 0.337 e. The molecule has 1 aromatic heterocycles. The number of carbonyl (C=O) groups is 1. The Morgan fingerprint density at radius 1 is 1.11 bits per heavy atom. The third-order valence-corrected chi connectivity index (χ3v) is 5.83. The third kappa shape index (κ3) is 2.80. The molecule has 0 spiro atoms. The van der Waals surface area contributed by atoms with Crippen LogP contribution in [-0.4, -0.2) is 27.5 Å². The summed E-state index contributed by atoms with van der Waals surface area (Å²) in [5.41, 5.74) is 1.25. The summed E-state index contributed by atoms with van der Waals surface area (Å²) in [7, 11) is 0. The predicted molar refractivity (Wildman–Crippen MR) is 101 cm³/mol. The summed E-state index contributed by atoms with van der Waals surface area (Å²) in [6.07, 6.45) is 3.29. The maximum absolute atomic E-state index is 13.4. The van der Waals surface area contributed by atoms with Crippen LogP contribution in [-0.2, 0) is 10.2 Å². The molecule has 3 aromatic rings. The predicted octanol–water partition coefficient (Wildman–Crippen LogP) is 4.27. The highest BCUT2D eigenvalue weighted by molar-refractivity contribution is 5.91. The fourth-order valence-corrected chi connectivity index (χ4v) is 4.14. The van der Waals surface area contributed by atoms with Gasteiger partial charge >= 0.3 is 0 Å². The highest BCUT2D eigenvalue weighted by atomic mass is 19.1. The second kappa shape index (κ2) is 6.55. The van der Waals surface area contributed by atoms with Gasteiger partial charge in [0.15, 0.2) is 0 Å². The van der Waals surface area contributed by atoms with Crippen LogP contribution in [0.5, 0.6) is 0 Å². The first-order chi connectivity index (χ1) is 13.7. The lowest BCUT2D eigenvalue weighted by atomic mass is 9.94. The number of hydrogen-bond acceptors (Lipinski definition) is 4. The molecule has 142 valence electrons. The minimum Gasteiger partial charge on any atom is -0.337 e. The van der Waals surface area contributed by atoms with Gasteiger partial charge in [-0.25, -0.2) is 4.39 Å². The highest BCUT2D eigenvalue weighted by Crippen LogP contribution is 2.51. The van der Waals surface area contributed by atoms with Crippen LogP contribution >= 0.6 is 0 Å². The SMILES string of the molecule is O=C(N1CCCC1c1nc(-c2ccccc2)no1)C1(c2ccc(F)cc2)CC1. The summed E-state index contributed by atoms with van der Waals surface area (Å²) in [4.78, 5) is 19.9. The molecule has 1 aliphatic heterocycles. The lowest BCUT2D eigenvalue weighted by Crippen LogP contribution is -2.39. The molecule has 1 atom stereocenters. The summed E-state index contributed by atoms with van der Waals surface area (Å²) in [5, 5.41) is 4.10. The molecule has 2 aliphatic rings. The maximum Gasteiger partial charge on any atom is 0.249 e. The van der Waals surface area contributed by atoms with Crippen molar-refractivity contribution in [3.63, 3.8) is 0 Å². The number of aromatic nitrogens is 2. The highest BCUT2D eigenvalue weighted by Gasteiger charge is 2.55. The molecule has 0 bridgehead atoms. The lowest BCUT2D eigenvalue weighted by molar-refractivity contribution is -0.135. The molecule has 28 heavy (non-hydrogen) atoms. The average Bonchev–Trinajstić information content (AvgIpc) is 3.16. The fourth-order valence-electron chi connectivity index (χ4n) is 4.14. The quantitative estimate of drug-likeness (QED) is 0.681. The number of rotatable bonds is 4. The number of likely N-dealkylation sites (tertiary alicyclic amines) is 1. The van der Waals surface area contributed by atoms with Crippen molar-refractivity contribution in [2.45, 2.75) is 37.1 Å². The molecule has 1 aliphatic carbocycles. The van der Waals surface area contributed by atoms with Crippen LogP contribution in [0.25, 0.3) is 11.4 Å². The van der Waals surface area contributed by atoms with Gasteiger partial charge in [-0.2, -0.15) is 4.98 Å². The maximum atomic E-state index is 13.4. The Bertz CT molecular complexity index is 996. The van der Waals surface area contributed by atoms with Gasteiger partial charge in [-0.1, -0.05) is 47.6 Å². The molecule has 0 N–H and O–H groups in total. The molecule has 1 saturated heterocycles. The van der Waals surface area contributed by atoms with Crippen molar-refractivity contribution in [3.8, 4) is 11.4 Å². The zero-order chi connectivity index (χ0) is 19.1. The Balaban J connectivity index is 1.41. The van der Waals surface area contributed by atoms with Gasteiger partial charge in [0.1, 0.15) is 11.9 Å². The van der Waals surface area contributed by atoms with Gasteiger partial charge in [0.25, 0.3) is 0 Å². The van der Waals surface area contributed by atoms with Crippen LogP contribution in [0.3, 0.4) is 0 Å². The van der Waals surface area contributed by atoms with E-state index in [0.29, 0.717) is 18.3 Å². The molecule has 5 rings (SSSR count). The minimum atomic E-state index is -0.529. The Morgan fingerprint density at radius 2 is 1.86 bits per heavy atom. The third-order valence-electron chi connectivity index (χ3n) is 5.83. The van der Waals surface area contributed by atoms with Gasteiger partial charge in [0.2, 0.25) is 17.6 Å². The van der Waals surface area contributed by atoms with Gasteiger partial charge in [0.05, 0.1) is 5.41 Å². The first kappa shape index (κ1) is 17.1. The Hall–Kier alpha value is -3.02. The number of carbonyl (C=O) groups excluding carboxylic acids is 1. The van der Waals surface area contributed by atoms with Crippen LogP contribution in [0.15, 0.2) is 59.1 Å². The molecule has 1 saturated carbocycles. The molecule has 2 heterocycles. The lowest BCUT2D eigenvalue weighted by Gasteiger charge is -2.27. The molecule has 1 unspecified atom stereocenters. The van der Waals surface area contributed by atoms with E-state index in [1.807, 2.05) is 35.2 Å². The molecular weight excluding hydrogens is 357 g/mol. The van der Waals surface area contributed by atoms with Crippen LogP contribution in [0.4, 0.5) is 4.39 Å². The van der Waals surface area contributed by atoms with Crippen molar-refractivity contribution in [1.82, 2.24) is 15.0 Å². The van der Waals surface area contributed by atoms with Crippen LogP contribution in [0.1, 0.15) is 43.2 Å². The van der Waals surface area contributed by atoms with Crippen LogP contribution < -0.4 is 0 Å². The van der Waals surface area contributed by atoms with E-state index in [2.05, 4.69) is 10.1 Å². The van der Waals surface area contributed by atoms with Gasteiger partial charge in [-0.15, -0.1) is 0 Å². The van der Waals surface area contributed by atoms with Crippen molar-refractivity contribution in [2.75, 3.05) is 6.54 Å². The first-order valence-electron chi connectivity index (χ1n) is 9.63. The number of amides is 1. The van der Waals surface area contributed by atoms with E-state index >= 15 is 0 Å². The normalized spacial score (nSPS) is 20.3. The van der Waals surface area contributed by atoms with Gasteiger partial charge in [-0.05, 0) is 43.4 Å². The van der Waals surface area contributed by atoms with E-state index in [4.69, 9.17) is 4.52 Å². The molecule has 2 aromatic carbocycles. The minimum absolute atomic E-state index is 0.0843. The number of benzene rings is 2. The monoisotopic (exact) mass is 377 g/mol. The van der Waals surface area contributed by atoms with Crippen molar-refractivity contribution in [3.05, 3.63) is 71.9 Å². The standard InChI is InChI=1S/C22H20FN3O2/c23-17-10-8-16(9-11-17)22(12-13-22)21(27)26-14-4-7-18(26)20-24-19(25-28-20)15-5-2-1-3-6-15/h1-3,5-6,8-11,18H,4,7,12-14H2. The van der Waals surface area contributed by atoms with Crippen molar-refractivity contribution >= 4 is 5.91 Å². The summed E-state index contributed by atoms with van der Waals surface area (Å²) >= 11 is 0. The molecule has 2 fully saturated rings. The van der Waals surface area contributed by atoms with E-state index in [1.165, 1.54) is 12.1 Å². The number of hydrogen-bond donors (Lipinski definition) is 0. The summed E-state index contributed by atoms with van der Waals surface area (Å²) in [5.74, 6) is 0.820. The first-order valence-corrected chi connectivity index (χ1v) is 9.63. The van der Waals surface area contributed by atoms with E-state index < -0.39 is 5.41 Å². The summed E-state index contributed by atoms with van der Waals surface area (Å²) < 4.78 is 18.8. The Kier molecular flexibility index (Phi) is 4.00. The summed E-state index contributed by atoms with van der Waals surface area (Å²) in [6, 6.07) is 15.8. The van der Waals surface area contributed by atoms with E-state index in [1.54, 1.807) is 12.1 Å². The number of halogens is 1. The summed E-state index contributed by atoms with van der Waals surface area (Å²) in [6.45, 7) is 0.676. The molecule has 0 radical (unpaired) electrons. The van der Waals surface area contributed by atoms with Gasteiger partial charge in [0, 0.05) is 12.1 Å². The molecule has 5 nitrogen and oxygen atoms in total.